The summed E-state index contributed by atoms with van der Waals surface area (Å²) in [4.78, 5) is 39.7. The minimum atomic E-state index is -2.28. The number of rotatable bonds is 6. The predicted octanol–water partition coefficient (Wildman–Crippen LogP) is -0.126. The van der Waals surface area contributed by atoms with Crippen LogP contribution in [0, 0.1) is 0 Å². The van der Waals surface area contributed by atoms with Crippen LogP contribution in [-0.4, -0.2) is 109 Å². The summed E-state index contributed by atoms with van der Waals surface area (Å²) in [5.74, 6) is -3.80. The fourth-order valence-corrected chi connectivity index (χ4v) is 7.00. The van der Waals surface area contributed by atoms with Crippen LogP contribution in [0.25, 0.3) is 0 Å². The highest BCUT2D eigenvalue weighted by Gasteiger charge is 2.50. The number of fused-ring (bicyclic) bond motifs is 3. The van der Waals surface area contributed by atoms with Gasteiger partial charge in [0.05, 0.1) is 41.6 Å². The highest BCUT2D eigenvalue weighted by molar-refractivity contribution is 6.30. The molecule has 1 unspecified atom stereocenters. The molecule has 0 bridgehead atoms. The van der Waals surface area contributed by atoms with E-state index in [4.69, 9.17) is 24.7 Å². The van der Waals surface area contributed by atoms with E-state index in [1.54, 1.807) is 26.0 Å². The van der Waals surface area contributed by atoms with E-state index >= 15 is 0 Å². The van der Waals surface area contributed by atoms with Crippen LogP contribution in [0.4, 0.5) is 0 Å². The number of phenols is 2. The molecule has 46 heavy (non-hydrogen) atoms. The fourth-order valence-electron chi connectivity index (χ4n) is 7.00. The van der Waals surface area contributed by atoms with Crippen molar-refractivity contribution in [1.29, 1.82) is 0 Å². The quantitative estimate of drug-likeness (QED) is 0.173. The van der Waals surface area contributed by atoms with E-state index in [1.165, 1.54) is 12.1 Å². The lowest BCUT2D eigenvalue weighted by molar-refractivity contribution is -0.311. The normalized spacial score (nSPS) is 35.7. The third-order valence-corrected chi connectivity index (χ3v) is 9.45. The molecular weight excluding hydrogens is 606 g/mol. The molecule has 8 N–H and O–H groups in total. The fraction of sp³-hybridized carbons (Fsp3) is 0.531. The van der Waals surface area contributed by atoms with Crippen LogP contribution in [0.2, 0.25) is 0 Å². The first-order chi connectivity index (χ1) is 21.7. The smallest absolute Gasteiger partial charge is 0.198 e. The zero-order chi connectivity index (χ0) is 33.2. The van der Waals surface area contributed by atoms with Crippen molar-refractivity contribution in [3.05, 3.63) is 57.6 Å². The molecule has 2 aromatic carbocycles. The van der Waals surface area contributed by atoms with Crippen LogP contribution in [-0.2, 0) is 30.2 Å². The molecule has 14 nitrogen and oxygen atoms in total. The Kier molecular flexibility index (Phi) is 8.54. The van der Waals surface area contributed by atoms with Crippen molar-refractivity contribution in [2.45, 2.75) is 100 Å². The minimum Gasteiger partial charge on any atom is -0.507 e. The van der Waals surface area contributed by atoms with Gasteiger partial charge < -0.3 is 55.3 Å². The molecule has 2 aromatic rings. The number of ketones is 3. The molecule has 14 heteroatoms. The number of nitrogens with two attached hydrogens (primary N) is 1. The lowest BCUT2D eigenvalue weighted by Gasteiger charge is -2.44. The van der Waals surface area contributed by atoms with E-state index in [1.807, 2.05) is 0 Å². The third kappa shape index (κ3) is 5.33. The number of benzene rings is 2. The molecule has 0 saturated carbocycles. The van der Waals surface area contributed by atoms with Gasteiger partial charge in [-0.2, -0.15) is 0 Å². The van der Waals surface area contributed by atoms with E-state index in [-0.39, 0.29) is 35.1 Å². The van der Waals surface area contributed by atoms with Gasteiger partial charge >= 0.3 is 0 Å². The molecule has 4 aliphatic rings. The van der Waals surface area contributed by atoms with Crippen molar-refractivity contribution in [1.82, 2.24) is 0 Å². The van der Waals surface area contributed by atoms with Gasteiger partial charge in [-0.1, -0.05) is 24.3 Å². The Bertz CT molecular complexity index is 1550. The Hall–Kier alpha value is -3.31. The number of Topliss-reactive ketones (excluding diaryl/α,β-unsaturated/α-hetero) is 1. The summed E-state index contributed by atoms with van der Waals surface area (Å²) in [5, 5.41) is 65.1. The monoisotopic (exact) mass is 643 g/mol. The van der Waals surface area contributed by atoms with Gasteiger partial charge in [0.15, 0.2) is 29.9 Å². The van der Waals surface area contributed by atoms with Crippen molar-refractivity contribution in [2.24, 2.45) is 5.73 Å². The summed E-state index contributed by atoms with van der Waals surface area (Å²) in [6.45, 7) is 2.23. The van der Waals surface area contributed by atoms with Crippen molar-refractivity contribution in [3.8, 4) is 11.5 Å². The van der Waals surface area contributed by atoms with Crippen molar-refractivity contribution in [3.63, 3.8) is 0 Å². The van der Waals surface area contributed by atoms with Gasteiger partial charge in [-0.25, -0.2) is 0 Å². The maximum atomic E-state index is 13.5. The van der Waals surface area contributed by atoms with Crippen LogP contribution in [0.1, 0.15) is 82.2 Å². The number of carbonyl (C=O) groups is 3. The van der Waals surface area contributed by atoms with Crippen LogP contribution < -0.4 is 5.73 Å². The highest BCUT2D eigenvalue weighted by atomic mass is 16.7. The Morgan fingerprint density at radius 3 is 2.13 bits per heavy atom. The molecule has 2 aliphatic carbocycles. The Balaban J connectivity index is 1.31. The number of phenolic OH excluding ortho intramolecular Hbond substituents is 2. The van der Waals surface area contributed by atoms with Gasteiger partial charge in [0.2, 0.25) is 0 Å². The van der Waals surface area contributed by atoms with E-state index in [2.05, 4.69) is 0 Å². The second-order valence-corrected chi connectivity index (χ2v) is 12.5. The topological polar surface area (TPSA) is 236 Å². The second kappa shape index (κ2) is 12.0. The standard InChI is InChI=1S/C32H37NO13/c1-12-26(37)17(33)7-21(43-12)46-31-13(2)44-22(8-18(31)35)45-19-10-32(42,20(36)11-34)9-16-23(19)30(41)25-24(29(16)40)27(38)14-5-3-4-6-15(14)28(25)39/h3-6,12-13,17-19,21-22,26,31,34-35,37,40-42H,7-11,33H2,1-2H3/t12-,13-,17-,18-,19-,21-,22?,26+,31+,32-/m0/s1. The molecule has 2 aliphatic heterocycles. The maximum absolute atomic E-state index is 13.5. The molecule has 2 heterocycles. The van der Waals surface area contributed by atoms with Crippen molar-refractivity contribution in [2.75, 3.05) is 6.61 Å². The Morgan fingerprint density at radius 2 is 1.54 bits per heavy atom. The number of hydrogen-bond acceptors (Lipinski definition) is 14. The SMILES string of the molecule is C[C@@H]1O[C@@H](O[C@@H]2[C@H](C)OC(O[C@H]3C[C@](O)(C(=O)CO)Cc4c(O)c5c(c(O)c43)C(=O)c3ccccc3C5=O)C[C@@H]2O)C[C@H](N)[C@@H]1O. The van der Waals surface area contributed by atoms with Gasteiger partial charge in [0, 0.05) is 54.0 Å². The van der Waals surface area contributed by atoms with E-state index in [0.29, 0.717) is 0 Å². The zero-order valence-electron chi connectivity index (χ0n) is 25.2. The molecule has 10 atom stereocenters. The van der Waals surface area contributed by atoms with Crippen molar-refractivity contribution < 1.29 is 64.0 Å². The van der Waals surface area contributed by atoms with E-state index in [9.17, 15) is 45.0 Å². The molecule has 2 fully saturated rings. The lowest BCUT2D eigenvalue weighted by atomic mass is 9.72. The first kappa shape index (κ1) is 32.6. The molecule has 0 amide bonds. The van der Waals surface area contributed by atoms with Crippen LogP contribution in [0.3, 0.4) is 0 Å². The summed E-state index contributed by atoms with van der Waals surface area (Å²) >= 11 is 0. The van der Waals surface area contributed by atoms with E-state index in [0.717, 1.165) is 0 Å². The average molecular weight is 644 g/mol. The first-order valence-electron chi connectivity index (χ1n) is 15.1. The number of carbonyl (C=O) groups excluding carboxylic acids is 3. The third-order valence-electron chi connectivity index (χ3n) is 9.45. The number of aliphatic hydroxyl groups is 4. The number of hydrogen-bond donors (Lipinski definition) is 7. The zero-order valence-corrected chi connectivity index (χ0v) is 25.2. The van der Waals surface area contributed by atoms with Crippen molar-refractivity contribution >= 4 is 17.3 Å². The Morgan fingerprint density at radius 1 is 0.957 bits per heavy atom. The van der Waals surface area contributed by atoms with Crippen LogP contribution in [0.5, 0.6) is 11.5 Å². The summed E-state index contributed by atoms with van der Waals surface area (Å²) < 4.78 is 23.8. The average Bonchev–Trinajstić information content (AvgIpc) is 3.01. The highest BCUT2D eigenvalue weighted by Crippen LogP contribution is 2.52. The van der Waals surface area contributed by atoms with Crippen LogP contribution >= 0.6 is 0 Å². The summed E-state index contributed by atoms with van der Waals surface area (Å²) in [5.41, 5.74) is 2.51. The van der Waals surface area contributed by atoms with Gasteiger partial charge in [0.25, 0.3) is 0 Å². The van der Waals surface area contributed by atoms with Crippen LogP contribution in [0.15, 0.2) is 24.3 Å². The van der Waals surface area contributed by atoms with Gasteiger partial charge in [-0.05, 0) is 13.8 Å². The molecule has 0 aromatic heterocycles. The molecule has 0 radical (unpaired) electrons. The van der Waals surface area contributed by atoms with E-state index < -0.39 is 120 Å². The minimum absolute atomic E-state index is 0.0153. The molecule has 0 spiro atoms. The largest absolute Gasteiger partial charge is 0.507 e. The van der Waals surface area contributed by atoms with Gasteiger partial charge in [-0.15, -0.1) is 0 Å². The first-order valence-corrected chi connectivity index (χ1v) is 15.1. The number of ether oxygens (including phenoxy) is 4. The Labute approximate surface area is 263 Å². The molecular formula is C32H37NO13. The van der Waals surface area contributed by atoms with Gasteiger partial charge in [-0.3, -0.25) is 14.4 Å². The lowest BCUT2D eigenvalue weighted by Crippen LogP contribution is -2.56. The van der Waals surface area contributed by atoms with Gasteiger partial charge in [0.1, 0.15) is 29.8 Å². The molecule has 2 saturated heterocycles. The number of aromatic hydroxyl groups is 2. The maximum Gasteiger partial charge on any atom is 0.198 e. The number of aliphatic hydroxyl groups excluding tert-OH is 3. The summed E-state index contributed by atoms with van der Waals surface area (Å²) in [6.07, 6.45) is -8.83. The predicted molar refractivity (Wildman–Crippen MR) is 155 cm³/mol. The summed E-state index contributed by atoms with van der Waals surface area (Å²) in [7, 11) is 0. The molecule has 248 valence electrons. The second-order valence-electron chi connectivity index (χ2n) is 12.5. The molecule has 6 rings (SSSR count). The summed E-state index contributed by atoms with van der Waals surface area (Å²) in [6, 6.07) is 5.34.